The van der Waals surface area contributed by atoms with E-state index in [1.165, 1.54) is 0 Å². The molecule has 1 rings (SSSR count). The number of anilines is 1. The number of rotatable bonds is 7. The number of ether oxygens (including phenoxy) is 1. The van der Waals surface area contributed by atoms with Gasteiger partial charge in [-0.25, -0.2) is 0 Å². The van der Waals surface area contributed by atoms with Crippen molar-refractivity contribution < 1.29 is 14.3 Å². The van der Waals surface area contributed by atoms with E-state index in [0.717, 1.165) is 18.6 Å². The Bertz CT molecular complexity index is 455. The van der Waals surface area contributed by atoms with E-state index in [-0.39, 0.29) is 0 Å². The Morgan fingerprint density at radius 3 is 2.38 bits per heavy atom. The summed E-state index contributed by atoms with van der Waals surface area (Å²) in [5, 5.41) is 5.13. The second kappa shape index (κ2) is 9.00. The topological polar surface area (TPSA) is 67.4 Å². The first-order valence-electron chi connectivity index (χ1n) is 7.35. The highest BCUT2D eigenvalue weighted by molar-refractivity contribution is 6.39. The van der Waals surface area contributed by atoms with Crippen molar-refractivity contribution in [2.75, 3.05) is 18.5 Å². The van der Waals surface area contributed by atoms with Crippen LogP contribution in [0.3, 0.4) is 0 Å². The molecule has 116 valence electrons. The molecule has 0 saturated heterocycles. The molecule has 0 aromatic heterocycles. The first kappa shape index (κ1) is 17.0. The summed E-state index contributed by atoms with van der Waals surface area (Å²) < 4.78 is 5.55. The third-order valence-corrected chi connectivity index (χ3v) is 2.72. The number of hydrogen-bond acceptors (Lipinski definition) is 3. The number of carbonyl (C=O) groups excluding carboxylic acids is 2. The monoisotopic (exact) mass is 292 g/mol. The Balaban J connectivity index is 2.43. The van der Waals surface area contributed by atoms with E-state index >= 15 is 0 Å². The summed E-state index contributed by atoms with van der Waals surface area (Å²) in [6.45, 7) is 7.34. The van der Waals surface area contributed by atoms with Crippen LogP contribution in [0.25, 0.3) is 0 Å². The van der Waals surface area contributed by atoms with E-state index in [0.29, 0.717) is 24.8 Å². The predicted octanol–water partition coefficient (Wildman–Crippen LogP) is 2.58. The van der Waals surface area contributed by atoms with Crippen molar-refractivity contribution in [1.29, 1.82) is 0 Å². The molecule has 0 fully saturated rings. The molecule has 1 aromatic rings. The zero-order valence-electron chi connectivity index (χ0n) is 12.9. The highest BCUT2D eigenvalue weighted by Gasteiger charge is 2.12. The van der Waals surface area contributed by atoms with E-state index in [9.17, 15) is 9.59 Å². The molecular weight excluding hydrogens is 268 g/mol. The lowest BCUT2D eigenvalue weighted by atomic mass is 10.2. The summed E-state index contributed by atoms with van der Waals surface area (Å²) in [5.41, 5.74) is 0.572. The van der Waals surface area contributed by atoms with Crippen molar-refractivity contribution in [3.8, 4) is 5.75 Å². The molecule has 0 saturated carbocycles. The number of unbranched alkanes of at least 4 members (excludes halogenated alkanes) is 1. The molecule has 0 aliphatic carbocycles. The SMILES string of the molecule is CCCCNC(=O)C(=O)Nc1ccc(OCC(C)C)cc1. The first-order chi connectivity index (χ1) is 10.0. The van der Waals surface area contributed by atoms with Crippen LogP contribution >= 0.6 is 0 Å². The van der Waals surface area contributed by atoms with E-state index in [1.54, 1.807) is 24.3 Å². The molecule has 2 N–H and O–H groups in total. The average Bonchev–Trinajstić information content (AvgIpc) is 2.46. The summed E-state index contributed by atoms with van der Waals surface area (Å²) in [6.07, 6.45) is 1.83. The summed E-state index contributed by atoms with van der Waals surface area (Å²) in [5.74, 6) is -0.0594. The number of nitrogens with one attached hydrogen (secondary N) is 2. The van der Waals surface area contributed by atoms with Crippen LogP contribution < -0.4 is 15.4 Å². The van der Waals surface area contributed by atoms with E-state index in [1.807, 2.05) is 6.92 Å². The maximum absolute atomic E-state index is 11.7. The smallest absolute Gasteiger partial charge is 0.313 e. The van der Waals surface area contributed by atoms with Crippen LogP contribution in [0.2, 0.25) is 0 Å². The molecule has 5 heteroatoms. The molecule has 21 heavy (non-hydrogen) atoms. The zero-order valence-corrected chi connectivity index (χ0v) is 12.9. The number of amides is 2. The highest BCUT2D eigenvalue weighted by atomic mass is 16.5. The molecule has 0 unspecified atom stereocenters. The molecule has 0 spiro atoms. The maximum atomic E-state index is 11.7. The summed E-state index contributed by atoms with van der Waals surface area (Å²) in [4.78, 5) is 23.2. The zero-order chi connectivity index (χ0) is 15.7. The second-order valence-corrected chi connectivity index (χ2v) is 5.29. The number of carbonyl (C=O) groups is 2. The van der Waals surface area contributed by atoms with Crippen LogP contribution in [0.4, 0.5) is 5.69 Å². The van der Waals surface area contributed by atoms with E-state index in [4.69, 9.17) is 4.74 Å². The van der Waals surface area contributed by atoms with Gasteiger partial charge in [0.25, 0.3) is 0 Å². The van der Waals surface area contributed by atoms with Crippen molar-refractivity contribution >= 4 is 17.5 Å². The lowest BCUT2D eigenvalue weighted by molar-refractivity contribution is -0.136. The Hall–Kier alpha value is -2.04. The summed E-state index contributed by atoms with van der Waals surface area (Å²) >= 11 is 0. The van der Waals surface area contributed by atoms with Gasteiger partial charge in [-0.2, -0.15) is 0 Å². The van der Waals surface area contributed by atoms with Crippen molar-refractivity contribution in [2.24, 2.45) is 5.92 Å². The normalized spacial score (nSPS) is 10.3. The Morgan fingerprint density at radius 1 is 1.14 bits per heavy atom. The van der Waals surface area contributed by atoms with Crippen molar-refractivity contribution in [2.45, 2.75) is 33.6 Å². The number of hydrogen-bond donors (Lipinski definition) is 2. The Morgan fingerprint density at radius 2 is 1.81 bits per heavy atom. The van der Waals surface area contributed by atoms with Crippen LogP contribution in [0, 0.1) is 5.92 Å². The summed E-state index contributed by atoms with van der Waals surface area (Å²) in [6, 6.07) is 6.97. The van der Waals surface area contributed by atoms with Crippen LogP contribution in [0.15, 0.2) is 24.3 Å². The predicted molar refractivity (Wildman–Crippen MR) is 83.3 cm³/mol. The van der Waals surface area contributed by atoms with Gasteiger partial charge in [0.15, 0.2) is 0 Å². The van der Waals surface area contributed by atoms with Gasteiger partial charge in [-0.05, 0) is 36.6 Å². The molecule has 2 amide bonds. The van der Waals surface area contributed by atoms with E-state index in [2.05, 4.69) is 24.5 Å². The maximum Gasteiger partial charge on any atom is 0.313 e. The highest BCUT2D eigenvalue weighted by Crippen LogP contribution is 2.16. The van der Waals surface area contributed by atoms with Gasteiger partial charge in [0.05, 0.1) is 6.61 Å². The van der Waals surface area contributed by atoms with Crippen LogP contribution in [-0.4, -0.2) is 25.0 Å². The van der Waals surface area contributed by atoms with Gasteiger partial charge in [-0.15, -0.1) is 0 Å². The molecule has 0 atom stereocenters. The lowest BCUT2D eigenvalue weighted by Gasteiger charge is -2.10. The van der Waals surface area contributed by atoms with Gasteiger partial charge in [0.1, 0.15) is 5.75 Å². The fourth-order valence-corrected chi connectivity index (χ4v) is 1.54. The third kappa shape index (κ3) is 6.79. The first-order valence-corrected chi connectivity index (χ1v) is 7.35. The minimum absolute atomic E-state index is 0.455. The minimum Gasteiger partial charge on any atom is -0.493 e. The molecule has 0 bridgehead atoms. The average molecular weight is 292 g/mol. The molecule has 0 aliphatic heterocycles. The second-order valence-electron chi connectivity index (χ2n) is 5.29. The van der Waals surface area contributed by atoms with Crippen LogP contribution in [-0.2, 0) is 9.59 Å². The van der Waals surface area contributed by atoms with Gasteiger partial charge in [-0.3, -0.25) is 9.59 Å². The minimum atomic E-state index is -0.651. The van der Waals surface area contributed by atoms with Gasteiger partial charge in [0, 0.05) is 12.2 Å². The Kier molecular flexibility index (Phi) is 7.29. The van der Waals surface area contributed by atoms with Crippen molar-refractivity contribution in [1.82, 2.24) is 5.32 Å². The largest absolute Gasteiger partial charge is 0.493 e. The standard InChI is InChI=1S/C16H24N2O3/c1-4-5-10-17-15(19)16(20)18-13-6-8-14(9-7-13)21-11-12(2)3/h6-9,12H,4-5,10-11H2,1-3H3,(H,17,19)(H,18,20). The molecular formula is C16H24N2O3. The van der Waals surface area contributed by atoms with E-state index < -0.39 is 11.8 Å². The van der Waals surface area contributed by atoms with Crippen LogP contribution in [0.1, 0.15) is 33.6 Å². The molecule has 0 radical (unpaired) electrons. The molecule has 1 aromatic carbocycles. The van der Waals surface area contributed by atoms with Gasteiger partial charge >= 0.3 is 11.8 Å². The van der Waals surface area contributed by atoms with Crippen molar-refractivity contribution in [3.63, 3.8) is 0 Å². The number of benzene rings is 1. The van der Waals surface area contributed by atoms with Crippen LogP contribution in [0.5, 0.6) is 5.75 Å². The van der Waals surface area contributed by atoms with Gasteiger partial charge in [-0.1, -0.05) is 27.2 Å². The van der Waals surface area contributed by atoms with Crippen molar-refractivity contribution in [3.05, 3.63) is 24.3 Å². The fourth-order valence-electron chi connectivity index (χ4n) is 1.54. The fraction of sp³-hybridized carbons (Fsp3) is 0.500. The quantitative estimate of drug-likeness (QED) is 0.599. The molecule has 0 heterocycles. The molecule has 0 aliphatic rings. The van der Waals surface area contributed by atoms with Gasteiger partial charge in [0.2, 0.25) is 0 Å². The summed E-state index contributed by atoms with van der Waals surface area (Å²) in [7, 11) is 0. The molecule has 5 nitrogen and oxygen atoms in total. The lowest BCUT2D eigenvalue weighted by Crippen LogP contribution is -2.35. The Labute approximate surface area is 126 Å². The van der Waals surface area contributed by atoms with Gasteiger partial charge < -0.3 is 15.4 Å². The third-order valence-electron chi connectivity index (χ3n) is 2.72.